The van der Waals surface area contributed by atoms with Gasteiger partial charge in [0.1, 0.15) is 11.6 Å². The molecule has 1 atom stereocenters. The van der Waals surface area contributed by atoms with Crippen LogP contribution in [0.15, 0.2) is 18.2 Å². The Bertz CT molecular complexity index is 488. The molecule has 0 aliphatic carbocycles. The second-order valence-corrected chi connectivity index (χ2v) is 5.84. The molecule has 1 N–H and O–H groups in total. The molecule has 1 spiro atoms. The lowest BCUT2D eigenvalue weighted by molar-refractivity contribution is -0.0241. The third-order valence-corrected chi connectivity index (χ3v) is 4.42. The van der Waals surface area contributed by atoms with Crippen molar-refractivity contribution in [1.29, 1.82) is 0 Å². The third-order valence-electron chi connectivity index (χ3n) is 4.42. The number of halogens is 1. The van der Waals surface area contributed by atoms with E-state index in [1.807, 2.05) is 0 Å². The number of piperidine rings is 1. The molecule has 2 saturated heterocycles. The smallest absolute Gasteiger partial charge is 0.132 e. The van der Waals surface area contributed by atoms with E-state index in [2.05, 4.69) is 5.32 Å². The van der Waals surface area contributed by atoms with Crippen molar-refractivity contribution in [2.75, 3.05) is 26.8 Å². The number of methoxy groups -OCH3 is 1. The number of nitrogens with one attached hydrogen (secondary N) is 1. The Labute approximate surface area is 124 Å². The first kappa shape index (κ1) is 14.8. The summed E-state index contributed by atoms with van der Waals surface area (Å²) in [6.07, 6.45) is 3.03. The van der Waals surface area contributed by atoms with Gasteiger partial charge in [0.25, 0.3) is 0 Å². The summed E-state index contributed by atoms with van der Waals surface area (Å²) in [5.74, 6) is 0.235. The van der Waals surface area contributed by atoms with Crippen LogP contribution in [0.5, 0.6) is 5.75 Å². The average Bonchev–Trinajstić information content (AvgIpc) is 2.89. The normalized spacial score (nSPS) is 24.4. The highest BCUT2D eigenvalue weighted by Gasteiger charge is 2.41. The molecular weight excluding hydrogens is 273 g/mol. The summed E-state index contributed by atoms with van der Waals surface area (Å²) in [5, 5.41) is 3.34. The first-order valence-corrected chi connectivity index (χ1v) is 7.49. The third kappa shape index (κ3) is 3.36. The second kappa shape index (κ2) is 6.30. The maximum Gasteiger partial charge on any atom is 0.132 e. The summed E-state index contributed by atoms with van der Waals surface area (Å²) in [6, 6.07) is 4.85. The van der Waals surface area contributed by atoms with E-state index in [0.29, 0.717) is 17.9 Å². The summed E-state index contributed by atoms with van der Waals surface area (Å²) in [5.41, 5.74) is 0.538. The summed E-state index contributed by atoms with van der Waals surface area (Å²) in [4.78, 5) is 0. The molecule has 2 aliphatic heterocycles. The summed E-state index contributed by atoms with van der Waals surface area (Å²) in [7, 11) is 1.53. The van der Waals surface area contributed by atoms with E-state index in [1.165, 1.54) is 13.2 Å². The van der Waals surface area contributed by atoms with Crippen molar-refractivity contribution < 1.29 is 18.6 Å². The fourth-order valence-electron chi connectivity index (χ4n) is 3.12. The molecule has 4 nitrogen and oxygen atoms in total. The van der Waals surface area contributed by atoms with Gasteiger partial charge in [-0.1, -0.05) is 6.07 Å². The van der Waals surface area contributed by atoms with Crippen molar-refractivity contribution >= 4 is 0 Å². The predicted octanol–water partition coefficient (Wildman–Crippen LogP) is 2.26. The van der Waals surface area contributed by atoms with Crippen LogP contribution in [0.1, 0.15) is 24.8 Å². The van der Waals surface area contributed by atoms with Gasteiger partial charge in [-0.3, -0.25) is 0 Å². The van der Waals surface area contributed by atoms with Crippen LogP contribution in [-0.4, -0.2) is 38.5 Å². The molecular formula is C16H22FNO3. The van der Waals surface area contributed by atoms with E-state index in [-0.39, 0.29) is 24.1 Å². The second-order valence-electron chi connectivity index (χ2n) is 5.84. The lowest BCUT2D eigenvalue weighted by atomic mass is 9.89. The Morgan fingerprint density at radius 2 is 2.19 bits per heavy atom. The standard InChI is InChI=1S/C16H22FNO3/c1-19-13-3-2-12(15(17)8-13)10-20-14-9-16(21-11-14)4-6-18-7-5-16/h2-3,8,14,18H,4-7,9-11H2,1H3. The maximum atomic E-state index is 13.9. The van der Waals surface area contributed by atoms with E-state index in [4.69, 9.17) is 14.2 Å². The van der Waals surface area contributed by atoms with E-state index in [9.17, 15) is 4.39 Å². The van der Waals surface area contributed by atoms with Gasteiger partial charge in [0.2, 0.25) is 0 Å². The molecule has 0 saturated carbocycles. The minimum absolute atomic E-state index is 0.0195. The Morgan fingerprint density at radius 3 is 2.90 bits per heavy atom. The lowest BCUT2D eigenvalue weighted by Gasteiger charge is -2.32. The number of hydrogen-bond donors (Lipinski definition) is 1. The van der Waals surface area contributed by atoms with Gasteiger partial charge in [-0.25, -0.2) is 4.39 Å². The van der Waals surface area contributed by atoms with E-state index < -0.39 is 0 Å². The monoisotopic (exact) mass is 295 g/mol. The zero-order chi connectivity index (χ0) is 14.7. The molecule has 1 aromatic carbocycles. The minimum atomic E-state index is -0.287. The van der Waals surface area contributed by atoms with E-state index in [1.54, 1.807) is 12.1 Å². The van der Waals surface area contributed by atoms with Crippen LogP contribution in [-0.2, 0) is 16.1 Å². The van der Waals surface area contributed by atoms with Gasteiger partial charge in [0, 0.05) is 18.1 Å². The molecule has 2 fully saturated rings. The zero-order valence-electron chi connectivity index (χ0n) is 12.4. The Morgan fingerprint density at radius 1 is 1.38 bits per heavy atom. The minimum Gasteiger partial charge on any atom is -0.497 e. The van der Waals surface area contributed by atoms with Crippen LogP contribution in [0.2, 0.25) is 0 Å². The molecule has 0 bridgehead atoms. The number of rotatable bonds is 4. The molecule has 2 heterocycles. The molecule has 2 aliphatic rings. The molecule has 1 aromatic rings. The first-order chi connectivity index (χ1) is 10.2. The molecule has 1 unspecified atom stereocenters. The average molecular weight is 295 g/mol. The highest BCUT2D eigenvalue weighted by molar-refractivity contribution is 5.28. The summed E-state index contributed by atoms with van der Waals surface area (Å²) < 4.78 is 30.7. The van der Waals surface area contributed by atoms with Crippen LogP contribution in [0.25, 0.3) is 0 Å². The Hall–Kier alpha value is -1.17. The topological polar surface area (TPSA) is 39.7 Å². The van der Waals surface area contributed by atoms with Gasteiger partial charge in [0.05, 0.1) is 32.0 Å². The van der Waals surface area contributed by atoms with Gasteiger partial charge in [-0.05, 0) is 32.0 Å². The highest BCUT2D eigenvalue weighted by atomic mass is 19.1. The largest absolute Gasteiger partial charge is 0.497 e. The van der Waals surface area contributed by atoms with Crippen LogP contribution in [0.4, 0.5) is 4.39 Å². The molecule has 21 heavy (non-hydrogen) atoms. The van der Waals surface area contributed by atoms with Crippen LogP contribution >= 0.6 is 0 Å². The Balaban J connectivity index is 1.54. The van der Waals surface area contributed by atoms with Crippen LogP contribution in [0.3, 0.4) is 0 Å². The number of hydrogen-bond acceptors (Lipinski definition) is 4. The van der Waals surface area contributed by atoms with Gasteiger partial charge in [-0.15, -0.1) is 0 Å². The number of ether oxygens (including phenoxy) is 3. The van der Waals surface area contributed by atoms with Crippen molar-refractivity contribution in [3.05, 3.63) is 29.6 Å². The molecule has 0 amide bonds. The molecule has 0 radical (unpaired) electrons. The fourth-order valence-corrected chi connectivity index (χ4v) is 3.12. The van der Waals surface area contributed by atoms with E-state index in [0.717, 1.165) is 32.4 Å². The Kier molecular flexibility index (Phi) is 4.42. The maximum absolute atomic E-state index is 13.9. The van der Waals surface area contributed by atoms with Crippen molar-refractivity contribution in [3.8, 4) is 5.75 Å². The molecule has 3 rings (SSSR count). The summed E-state index contributed by atoms with van der Waals surface area (Å²) in [6.45, 7) is 2.88. The van der Waals surface area contributed by atoms with Crippen LogP contribution in [0, 0.1) is 5.82 Å². The highest BCUT2D eigenvalue weighted by Crippen LogP contribution is 2.35. The lowest BCUT2D eigenvalue weighted by Crippen LogP contribution is -2.41. The van der Waals surface area contributed by atoms with Crippen molar-refractivity contribution in [1.82, 2.24) is 5.32 Å². The van der Waals surface area contributed by atoms with Crippen LogP contribution < -0.4 is 10.1 Å². The number of benzene rings is 1. The summed E-state index contributed by atoms with van der Waals surface area (Å²) >= 11 is 0. The molecule has 0 aromatic heterocycles. The quantitative estimate of drug-likeness (QED) is 0.925. The molecule has 116 valence electrons. The van der Waals surface area contributed by atoms with Crippen molar-refractivity contribution in [2.24, 2.45) is 0 Å². The van der Waals surface area contributed by atoms with Gasteiger partial charge < -0.3 is 19.5 Å². The zero-order valence-corrected chi connectivity index (χ0v) is 12.4. The van der Waals surface area contributed by atoms with E-state index >= 15 is 0 Å². The first-order valence-electron chi connectivity index (χ1n) is 7.49. The van der Waals surface area contributed by atoms with Gasteiger partial charge >= 0.3 is 0 Å². The van der Waals surface area contributed by atoms with Gasteiger partial charge in [-0.2, -0.15) is 0 Å². The predicted molar refractivity (Wildman–Crippen MR) is 76.9 cm³/mol. The van der Waals surface area contributed by atoms with Gasteiger partial charge in [0.15, 0.2) is 0 Å². The SMILES string of the molecule is COc1ccc(COC2COC3(CCNCC3)C2)c(F)c1. The fraction of sp³-hybridized carbons (Fsp3) is 0.625. The van der Waals surface area contributed by atoms with Crippen molar-refractivity contribution in [3.63, 3.8) is 0 Å². The van der Waals surface area contributed by atoms with Crippen molar-refractivity contribution in [2.45, 2.75) is 37.6 Å². The molecule has 5 heteroatoms.